The zero-order valence-corrected chi connectivity index (χ0v) is 11.7. The Morgan fingerprint density at radius 3 is 2.50 bits per heavy atom. The Morgan fingerprint density at radius 2 is 1.95 bits per heavy atom. The van der Waals surface area contributed by atoms with Gasteiger partial charge in [-0.25, -0.2) is 4.79 Å². The normalized spacial score (nSPS) is 30.4. The molecule has 112 valence electrons. The molecule has 3 N–H and O–H groups in total. The van der Waals surface area contributed by atoms with Crippen molar-refractivity contribution in [2.45, 2.75) is 26.2 Å². The third kappa shape index (κ3) is 2.71. The van der Waals surface area contributed by atoms with Crippen LogP contribution in [0.3, 0.4) is 0 Å². The van der Waals surface area contributed by atoms with Gasteiger partial charge >= 0.3 is 12.0 Å². The van der Waals surface area contributed by atoms with Crippen LogP contribution in [0.1, 0.15) is 26.2 Å². The highest BCUT2D eigenvalue weighted by atomic mass is 16.4. The highest BCUT2D eigenvalue weighted by Crippen LogP contribution is 2.30. The molecule has 0 saturated carbocycles. The summed E-state index contributed by atoms with van der Waals surface area (Å²) >= 11 is 0. The SMILES string of the molecule is CC1(C(N)=O)CCN(C(=O)N2CCC[C@H](C(=O)O)C2)C1. The van der Waals surface area contributed by atoms with Crippen molar-refractivity contribution in [3.8, 4) is 0 Å². The molecule has 7 heteroatoms. The Balaban J connectivity index is 1.98. The lowest BCUT2D eigenvalue weighted by Gasteiger charge is -2.34. The number of carbonyl (C=O) groups is 3. The van der Waals surface area contributed by atoms with E-state index in [0.717, 1.165) is 0 Å². The number of hydrogen-bond acceptors (Lipinski definition) is 3. The molecule has 0 aromatic carbocycles. The van der Waals surface area contributed by atoms with E-state index in [1.54, 1.807) is 16.7 Å². The van der Waals surface area contributed by atoms with Gasteiger partial charge in [-0.3, -0.25) is 9.59 Å². The minimum absolute atomic E-state index is 0.180. The predicted molar refractivity (Wildman–Crippen MR) is 70.8 cm³/mol. The second-order valence-electron chi connectivity index (χ2n) is 6.00. The van der Waals surface area contributed by atoms with Gasteiger partial charge in [0.05, 0.1) is 11.3 Å². The standard InChI is InChI=1S/C13H21N3O4/c1-13(11(14)19)4-6-16(8-13)12(20)15-5-2-3-9(7-15)10(17)18/h9H,2-8H2,1H3,(H2,14,19)(H,17,18)/t9-,13?/m0/s1. The summed E-state index contributed by atoms with van der Waals surface area (Å²) < 4.78 is 0. The van der Waals surface area contributed by atoms with Crippen LogP contribution >= 0.6 is 0 Å². The highest BCUT2D eigenvalue weighted by molar-refractivity contribution is 5.83. The van der Waals surface area contributed by atoms with Crippen molar-refractivity contribution in [2.24, 2.45) is 17.1 Å². The van der Waals surface area contributed by atoms with E-state index >= 15 is 0 Å². The second-order valence-corrected chi connectivity index (χ2v) is 6.00. The van der Waals surface area contributed by atoms with Gasteiger partial charge in [0.2, 0.25) is 5.91 Å². The molecule has 0 aromatic heterocycles. The molecule has 20 heavy (non-hydrogen) atoms. The number of primary amides is 1. The zero-order valence-electron chi connectivity index (χ0n) is 11.7. The maximum atomic E-state index is 12.4. The summed E-state index contributed by atoms with van der Waals surface area (Å²) in [7, 11) is 0. The third-order valence-electron chi connectivity index (χ3n) is 4.38. The third-order valence-corrected chi connectivity index (χ3v) is 4.38. The van der Waals surface area contributed by atoms with Crippen molar-refractivity contribution in [3.63, 3.8) is 0 Å². The molecular weight excluding hydrogens is 262 g/mol. The quantitative estimate of drug-likeness (QED) is 0.750. The molecule has 2 aliphatic heterocycles. The molecule has 0 bridgehead atoms. The molecule has 7 nitrogen and oxygen atoms in total. The number of carboxylic acid groups (broad SMARTS) is 1. The zero-order chi connectivity index (χ0) is 14.9. The number of hydrogen-bond donors (Lipinski definition) is 2. The maximum Gasteiger partial charge on any atom is 0.320 e. The summed E-state index contributed by atoms with van der Waals surface area (Å²) in [5, 5.41) is 9.05. The highest BCUT2D eigenvalue weighted by Gasteiger charge is 2.42. The van der Waals surface area contributed by atoms with Crippen LogP contribution in [0.25, 0.3) is 0 Å². The smallest absolute Gasteiger partial charge is 0.320 e. The summed E-state index contributed by atoms with van der Waals surface area (Å²) in [5.41, 5.74) is 4.70. The number of piperidine rings is 1. The molecular formula is C13H21N3O4. The van der Waals surface area contributed by atoms with Crippen molar-refractivity contribution in [1.82, 2.24) is 9.80 Å². The molecule has 3 amide bonds. The number of rotatable bonds is 2. The van der Waals surface area contributed by atoms with Crippen LogP contribution in [-0.4, -0.2) is 59.0 Å². The molecule has 0 radical (unpaired) electrons. The number of nitrogens with zero attached hydrogens (tertiary/aromatic N) is 2. The van der Waals surface area contributed by atoms with Gasteiger partial charge in [0.1, 0.15) is 0 Å². The van der Waals surface area contributed by atoms with E-state index in [-0.39, 0.29) is 12.6 Å². The number of urea groups is 1. The van der Waals surface area contributed by atoms with E-state index in [0.29, 0.717) is 38.9 Å². The first-order valence-electron chi connectivity index (χ1n) is 6.90. The molecule has 2 fully saturated rings. The summed E-state index contributed by atoms with van der Waals surface area (Å²) in [6.45, 7) is 3.39. The molecule has 1 unspecified atom stereocenters. The van der Waals surface area contributed by atoms with Crippen molar-refractivity contribution >= 4 is 17.9 Å². The molecule has 2 atom stereocenters. The number of likely N-dealkylation sites (tertiary alicyclic amines) is 2. The summed E-state index contributed by atoms with van der Waals surface area (Å²) in [5.74, 6) is -1.74. The van der Waals surface area contributed by atoms with Gasteiger partial charge in [-0.2, -0.15) is 0 Å². The first-order chi connectivity index (χ1) is 9.33. The lowest BCUT2D eigenvalue weighted by atomic mass is 9.89. The average molecular weight is 283 g/mol. The van der Waals surface area contributed by atoms with Gasteiger partial charge in [-0.15, -0.1) is 0 Å². The summed E-state index contributed by atoms with van der Waals surface area (Å²) in [6.07, 6.45) is 1.87. The van der Waals surface area contributed by atoms with Gasteiger partial charge in [0, 0.05) is 26.2 Å². The monoisotopic (exact) mass is 283 g/mol. The molecule has 2 aliphatic rings. The first-order valence-corrected chi connectivity index (χ1v) is 6.90. The van der Waals surface area contributed by atoms with E-state index < -0.39 is 23.2 Å². The molecule has 2 saturated heterocycles. The Bertz CT molecular complexity index is 435. The summed E-state index contributed by atoms with van der Waals surface area (Å²) in [6, 6.07) is -0.180. The fourth-order valence-electron chi connectivity index (χ4n) is 2.88. The lowest BCUT2D eigenvalue weighted by molar-refractivity contribution is -0.143. The number of nitrogens with two attached hydrogens (primary N) is 1. The molecule has 0 aliphatic carbocycles. The van der Waals surface area contributed by atoms with E-state index in [9.17, 15) is 14.4 Å². The van der Waals surface area contributed by atoms with E-state index in [1.165, 1.54) is 0 Å². The minimum Gasteiger partial charge on any atom is -0.481 e. The fourth-order valence-corrected chi connectivity index (χ4v) is 2.88. The number of carbonyl (C=O) groups excluding carboxylic acids is 2. The van der Waals surface area contributed by atoms with Crippen molar-refractivity contribution < 1.29 is 19.5 Å². The Kier molecular flexibility index (Phi) is 3.87. The second kappa shape index (κ2) is 5.30. The Labute approximate surface area is 117 Å². The maximum absolute atomic E-state index is 12.4. The van der Waals surface area contributed by atoms with E-state index in [1.807, 2.05) is 0 Å². The van der Waals surface area contributed by atoms with E-state index in [4.69, 9.17) is 10.8 Å². The van der Waals surface area contributed by atoms with Crippen molar-refractivity contribution in [2.75, 3.05) is 26.2 Å². The van der Waals surface area contributed by atoms with Gasteiger partial charge in [0.15, 0.2) is 0 Å². The Morgan fingerprint density at radius 1 is 1.25 bits per heavy atom. The number of carboxylic acids is 1. The van der Waals surface area contributed by atoms with E-state index in [2.05, 4.69) is 0 Å². The van der Waals surface area contributed by atoms with Gasteiger partial charge in [-0.1, -0.05) is 0 Å². The van der Waals surface area contributed by atoms with Crippen molar-refractivity contribution in [1.29, 1.82) is 0 Å². The van der Waals surface area contributed by atoms with Gasteiger partial charge < -0.3 is 20.6 Å². The molecule has 2 heterocycles. The van der Waals surface area contributed by atoms with Crippen LogP contribution in [0.4, 0.5) is 4.79 Å². The van der Waals surface area contributed by atoms with Crippen LogP contribution in [0, 0.1) is 11.3 Å². The first kappa shape index (κ1) is 14.6. The topological polar surface area (TPSA) is 104 Å². The largest absolute Gasteiger partial charge is 0.481 e. The molecule has 0 aromatic rings. The lowest BCUT2D eigenvalue weighted by Crippen LogP contribution is -2.49. The van der Waals surface area contributed by atoms with Crippen LogP contribution < -0.4 is 5.73 Å². The predicted octanol–water partition coefficient (Wildman–Crippen LogP) is 0.100. The molecule has 2 rings (SSSR count). The van der Waals surface area contributed by atoms with Gasteiger partial charge in [0.25, 0.3) is 0 Å². The molecule has 0 spiro atoms. The summed E-state index contributed by atoms with van der Waals surface area (Å²) in [4.78, 5) is 38.0. The average Bonchev–Trinajstić information content (AvgIpc) is 2.82. The van der Waals surface area contributed by atoms with Crippen LogP contribution in [0.2, 0.25) is 0 Å². The minimum atomic E-state index is -0.856. The number of amides is 3. The van der Waals surface area contributed by atoms with Crippen molar-refractivity contribution in [3.05, 3.63) is 0 Å². The van der Waals surface area contributed by atoms with Gasteiger partial charge in [-0.05, 0) is 26.2 Å². The Hall–Kier alpha value is -1.79. The van der Waals surface area contributed by atoms with Crippen LogP contribution in [0.5, 0.6) is 0 Å². The van der Waals surface area contributed by atoms with Crippen LogP contribution in [0.15, 0.2) is 0 Å². The van der Waals surface area contributed by atoms with Crippen LogP contribution in [-0.2, 0) is 9.59 Å². The fraction of sp³-hybridized carbons (Fsp3) is 0.769. The number of aliphatic carboxylic acids is 1.